The summed E-state index contributed by atoms with van der Waals surface area (Å²) >= 11 is 1.39. The van der Waals surface area contributed by atoms with E-state index in [4.69, 9.17) is 5.73 Å². The van der Waals surface area contributed by atoms with E-state index in [1.165, 1.54) is 17.8 Å². The Hall–Kier alpha value is -1.14. The van der Waals surface area contributed by atoms with E-state index in [-0.39, 0.29) is 5.91 Å². The van der Waals surface area contributed by atoms with Crippen LogP contribution in [0, 0.1) is 0 Å². The summed E-state index contributed by atoms with van der Waals surface area (Å²) in [6.07, 6.45) is 2.61. The van der Waals surface area contributed by atoms with Gasteiger partial charge in [-0.1, -0.05) is 0 Å². The molecule has 1 amide bonds. The van der Waals surface area contributed by atoms with E-state index in [9.17, 15) is 4.79 Å². The number of amides is 1. The fourth-order valence-corrected chi connectivity index (χ4v) is 2.84. The number of carbonyl (C=O) groups is 1. The molecule has 0 spiro atoms. The Morgan fingerprint density at radius 2 is 2.44 bits per heavy atom. The molecule has 1 saturated heterocycles. The fraction of sp³-hybridized carbons (Fsp3) is 0.667. The molecule has 0 radical (unpaired) electrons. The molecule has 0 bridgehead atoms. The second kappa shape index (κ2) is 5.67. The first kappa shape index (κ1) is 13.3. The van der Waals surface area contributed by atoms with E-state index < -0.39 is 0 Å². The second-order valence-corrected chi connectivity index (χ2v) is 5.84. The van der Waals surface area contributed by atoms with Gasteiger partial charge in [0.05, 0.1) is 12.1 Å². The largest absolute Gasteiger partial charge is 0.375 e. The van der Waals surface area contributed by atoms with Gasteiger partial charge in [-0.2, -0.15) is 0 Å². The number of likely N-dealkylation sites (N-methyl/N-ethyl adjacent to an activating group) is 1. The van der Waals surface area contributed by atoms with Gasteiger partial charge in [0.25, 0.3) is 0 Å². The first-order valence-corrected chi connectivity index (χ1v) is 7.08. The smallest absolute Gasteiger partial charge is 0.228 e. The van der Waals surface area contributed by atoms with Crippen LogP contribution in [-0.2, 0) is 11.2 Å². The molecule has 1 aromatic heterocycles. The molecule has 5 nitrogen and oxygen atoms in total. The zero-order chi connectivity index (χ0) is 13.1. The highest BCUT2D eigenvalue weighted by Gasteiger charge is 2.25. The van der Waals surface area contributed by atoms with E-state index in [0.29, 0.717) is 17.6 Å². The van der Waals surface area contributed by atoms with Gasteiger partial charge in [0.1, 0.15) is 0 Å². The van der Waals surface area contributed by atoms with Gasteiger partial charge in [-0.05, 0) is 26.9 Å². The number of rotatable bonds is 3. The summed E-state index contributed by atoms with van der Waals surface area (Å²) < 4.78 is 0. The molecule has 6 heteroatoms. The Balaban J connectivity index is 1.92. The van der Waals surface area contributed by atoms with Crippen molar-refractivity contribution < 1.29 is 4.79 Å². The van der Waals surface area contributed by atoms with Crippen molar-refractivity contribution in [2.75, 3.05) is 32.9 Å². The summed E-state index contributed by atoms with van der Waals surface area (Å²) in [5, 5.41) is 2.39. The van der Waals surface area contributed by atoms with Gasteiger partial charge in [-0.25, -0.2) is 4.98 Å². The molecule has 1 aliphatic heterocycles. The molecule has 2 N–H and O–H groups in total. The summed E-state index contributed by atoms with van der Waals surface area (Å²) in [5.41, 5.74) is 6.36. The number of likely N-dealkylation sites (tertiary alicyclic amines) is 1. The lowest BCUT2D eigenvalue weighted by Crippen LogP contribution is -2.47. The molecule has 1 aliphatic rings. The van der Waals surface area contributed by atoms with E-state index in [2.05, 4.69) is 24.0 Å². The van der Waals surface area contributed by atoms with E-state index in [1.807, 2.05) is 10.3 Å². The van der Waals surface area contributed by atoms with Crippen molar-refractivity contribution in [1.82, 2.24) is 14.8 Å². The molecule has 2 rings (SSSR count). The monoisotopic (exact) mass is 268 g/mol. The van der Waals surface area contributed by atoms with Crippen LogP contribution in [0.1, 0.15) is 18.5 Å². The Labute approximate surface area is 112 Å². The van der Waals surface area contributed by atoms with Crippen LogP contribution in [0.2, 0.25) is 0 Å². The number of carbonyl (C=O) groups excluding carboxylic acids is 1. The molecule has 1 fully saturated rings. The maximum Gasteiger partial charge on any atom is 0.228 e. The molecule has 2 heterocycles. The van der Waals surface area contributed by atoms with Crippen molar-refractivity contribution in [1.29, 1.82) is 0 Å². The van der Waals surface area contributed by atoms with Gasteiger partial charge in [0.15, 0.2) is 5.13 Å². The predicted octanol–water partition coefficient (Wildman–Crippen LogP) is 0.820. The van der Waals surface area contributed by atoms with Gasteiger partial charge >= 0.3 is 0 Å². The Morgan fingerprint density at radius 1 is 1.67 bits per heavy atom. The number of aromatic nitrogens is 1. The highest BCUT2D eigenvalue weighted by molar-refractivity contribution is 7.13. The van der Waals surface area contributed by atoms with Crippen LogP contribution in [0.3, 0.4) is 0 Å². The van der Waals surface area contributed by atoms with Crippen molar-refractivity contribution in [2.45, 2.75) is 25.3 Å². The molecule has 1 unspecified atom stereocenters. The van der Waals surface area contributed by atoms with Crippen molar-refractivity contribution >= 4 is 22.4 Å². The number of nitrogens with two attached hydrogens (primary N) is 1. The number of hydrogen-bond donors (Lipinski definition) is 1. The number of nitrogen functional groups attached to an aromatic ring is 1. The Kier molecular flexibility index (Phi) is 4.19. The van der Waals surface area contributed by atoms with Gasteiger partial charge < -0.3 is 15.5 Å². The molecule has 0 saturated carbocycles. The lowest BCUT2D eigenvalue weighted by molar-refractivity contribution is -0.132. The summed E-state index contributed by atoms with van der Waals surface area (Å²) in [6.45, 7) is 1.69. The third kappa shape index (κ3) is 3.20. The zero-order valence-corrected chi connectivity index (χ0v) is 11.7. The number of hydrogen-bond acceptors (Lipinski definition) is 5. The maximum absolute atomic E-state index is 12.2. The number of nitrogens with zero attached hydrogens (tertiary/aromatic N) is 3. The lowest BCUT2D eigenvalue weighted by Gasteiger charge is -2.36. The first-order chi connectivity index (χ1) is 8.56. The van der Waals surface area contributed by atoms with Crippen LogP contribution < -0.4 is 5.73 Å². The average Bonchev–Trinajstić information content (AvgIpc) is 2.75. The molecule has 100 valence electrons. The highest BCUT2D eigenvalue weighted by Crippen LogP contribution is 2.16. The van der Waals surface area contributed by atoms with Crippen LogP contribution in [0.5, 0.6) is 0 Å². The minimum atomic E-state index is 0.159. The third-order valence-electron chi connectivity index (χ3n) is 3.38. The van der Waals surface area contributed by atoms with Crippen molar-refractivity contribution in [3.63, 3.8) is 0 Å². The quantitative estimate of drug-likeness (QED) is 0.881. The van der Waals surface area contributed by atoms with Crippen LogP contribution in [0.4, 0.5) is 5.13 Å². The molecular weight excluding hydrogens is 248 g/mol. The maximum atomic E-state index is 12.2. The van der Waals surface area contributed by atoms with Gasteiger partial charge in [0, 0.05) is 24.5 Å². The van der Waals surface area contributed by atoms with Crippen LogP contribution in [0.25, 0.3) is 0 Å². The molecule has 1 aromatic rings. The summed E-state index contributed by atoms with van der Waals surface area (Å²) in [5.74, 6) is 0.159. The van der Waals surface area contributed by atoms with Gasteiger partial charge in [-0.3, -0.25) is 4.79 Å². The zero-order valence-electron chi connectivity index (χ0n) is 10.9. The topological polar surface area (TPSA) is 62.5 Å². The number of anilines is 1. The van der Waals surface area contributed by atoms with E-state index >= 15 is 0 Å². The molecule has 0 aliphatic carbocycles. The summed E-state index contributed by atoms with van der Waals surface area (Å²) in [4.78, 5) is 20.5. The van der Waals surface area contributed by atoms with Crippen LogP contribution >= 0.6 is 11.3 Å². The molecule has 18 heavy (non-hydrogen) atoms. The highest BCUT2D eigenvalue weighted by atomic mass is 32.1. The number of thiazole rings is 1. The Bertz CT molecular complexity index is 418. The van der Waals surface area contributed by atoms with Crippen molar-refractivity contribution in [3.05, 3.63) is 11.1 Å². The van der Waals surface area contributed by atoms with Gasteiger partial charge in [-0.15, -0.1) is 11.3 Å². The van der Waals surface area contributed by atoms with E-state index in [0.717, 1.165) is 25.2 Å². The summed E-state index contributed by atoms with van der Waals surface area (Å²) in [6, 6.07) is 0.475. The predicted molar refractivity (Wildman–Crippen MR) is 73.5 cm³/mol. The average molecular weight is 268 g/mol. The SMILES string of the molecule is CN(C)C1CCCN(C(=O)Cc2csc(N)n2)C1. The van der Waals surface area contributed by atoms with E-state index in [1.54, 1.807) is 0 Å². The third-order valence-corrected chi connectivity index (χ3v) is 4.10. The first-order valence-electron chi connectivity index (χ1n) is 6.20. The minimum absolute atomic E-state index is 0.159. The molecule has 0 aromatic carbocycles. The number of piperidine rings is 1. The fourth-order valence-electron chi connectivity index (χ4n) is 2.27. The minimum Gasteiger partial charge on any atom is -0.375 e. The van der Waals surface area contributed by atoms with Gasteiger partial charge in [0.2, 0.25) is 5.91 Å². The lowest BCUT2D eigenvalue weighted by atomic mass is 10.0. The standard InChI is InChI=1S/C12H20N4OS/c1-15(2)10-4-3-5-16(7-10)11(17)6-9-8-18-12(13)14-9/h8,10H,3-7H2,1-2H3,(H2,13,14). The van der Waals surface area contributed by atoms with Crippen molar-refractivity contribution in [3.8, 4) is 0 Å². The molecular formula is C12H20N4OS. The van der Waals surface area contributed by atoms with Crippen LogP contribution in [0.15, 0.2) is 5.38 Å². The van der Waals surface area contributed by atoms with Crippen molar-refractivity contribution in [2.24, 2.45) is 0 Å². The normalized spacial score (nSPS) is 20.4. The second-order valence-electron chi connectivity index (χ2n) is 4.95. The van der Waals surface area contributed by atoms with Crippen LogP contribution in [-0.4, -0.2) is 53.9 Å². The molecule has 1 atom stereocenters. The summed E-state index contributed by atoms with van der Waals surface area (Å²) in [7, 11) is 4.14. The Morgan fingerprint density at radius 3 is 3.06 bits per heavy atom.